The van der Waals surface area contributed by atoms with Gasteiger partial charge in [-0.1, -0.05) is 23.5 Å². The van der Waals surface area contributed by atoms with Crippen LogP contribution in [-0.2, 0) is 19.6 Å². The van der Waals surface area contributed by atoms with Gasteiger partial charge in [0.05, 0.1) is 23.4 Å². The molecule has 2 heterocycles. The summed E-state index contributed by atoms with van der Waals surface area (Å²) in [6.45, 7) is 2.81. The van der Waals surface area contributed by atoms with Gasteiger partial charge < -0.3 is 15.0 Å². The first kappa shape index (κ1) is 21.6. The van der Waals surface area contributed by atoms with Gasteiger partial charge in [0.2, 0.25) is 15.9 Å². The van der Waals surface area contributed by atoms with Gasteiger partial charge in [0, 0.05) is 31.7 Å². The summed E-state index contributed by atoms with van der Waals surface area (Å²) >= 11 is 1.55. The van der Waals surface area contributed by atoms with Crippen LogP contribution >= 0.6 is 11.3 Å². The average molecular weight is 465 g/mol. The Kier molecular flexibility index (Phi) is 6.46. The number of sulfonamides is 1. The number of hydrogen-bond donors (Lipinski definition) is 2. The van der Waals surface area contributed by atoms with Gasteiger partial charge in [0.15, 0.2) is 5.13 Å². The molecule has 0 aliphatic carbocycles. The number of rotatable bonds is 7. The Labute approximate surface area is 183 Å². The zero-order valence-corrected chi connectivity index (χ0v) is 18.1. The molecule has 11 heteroatoms. The molecule has 0 radical (unpaired) electrons. The van der Waals surface area contributed by atoms with Gasteiger partial charge in [0.1, 0.15) is 10.7 Å². The Morgan fingerprint density at radius 3 is 2.74 bits per heavy atom. The molecule has 1 aliphatic heterocycles. The topological polar surface area (TPSA) is 101 Å². The van der Waals surface area contributed by atoms with Crippen LogP contribution in [0.25, 0.3) is 10.2 Å². The Morgan fingerprint density at radius 2 is 1.97 bits per heavy atom. The molecule has 0 atom stereocenters. The first-order chi connectivity index (χ1) is 14.9. The molecule has 3 aromatic rings. The molecule has 8 nitrogen and oxygen atoms in total. The van der Waals surface area contributed by atoms with Crippen LogP contribution in [0.3, 0.4) is 0 Å². The van der Waals surface area contributed by atoms with Gasteiger partial charge in [0.25, 0.3) is 0 Å². The van der Waals surface area contributed by atoms with Crippen LogP contribution in [0.2, 0.25) is 0 Å². The molecule has 0 saturated carbocycles. The van der Waals surface area contributed by atoms with Crippen molar-refractivity contribution < 1.29 is 22.3 Å². The number of carbonyl (C=O) groups is 1. The highest BCUT2D eigenvalue weighted by Gasteiger charge is 2.19. The van der Waals surface area contributed by atoms with Crippen LogP contribution < -0.4 is 14.9 Å². The molecule has 1 aromatic heterocycles. The van der Waals surface area contributed by atoms with Gasteiger partial charge in [-0.15, -0.1) is 0 Å². The van der Waals surface area contributed by atoms with E-state index in [-0.39, 0.29) is 18.9 Å². The van der Waals surface area contributed by atoms with Crippen LogP contribution in [0.1, 0.15) is 6.42 Å². The van der Waals surface area contributed by atoms with E-state index in [0.717, 1.165) is 34.5 Å². The number of carbonyl (C=O) groups excluding carboxylic acids is 1. The quantitative estimate of drug-likeness (QED) is 0.558. The first-order valence-electron chi connectivity index (χ1n) is 9.70. The van der Waals surface area contributed by atoms with Crippen LogP contribution in [0, 0.1) is 5.82 Å². The highest BCUT2D eigenvalue weighted by Crippen LogP contribution is 2.31. The highest BCUT2D eigenvalue weighted by atomic mass is 32.2. The lowest BCUT2D eigenvalue weighted by Crippen LogP contribution is -2.36. The summed E-state index contributed by atoms with van der Waals surface area (Å²) in [6, 6.07) is 10.5. The van der Waals surface area contributed by atoms with Crippen LogP contribution in [0.15, 0.2) is 47.4 Å². The van der Waals surface area contributed by atoms with Crippen molar-refractivity contribution in [2.24, 2.45) is 0 Å². The van der Waals surface area contributed by atoms with Crippen molar-refractivity contribution in [2.45, 2.75) is 11.3 Å². The standard InChI is InChI=1S/C20H21FN4O4S2/c21-15-3-1-2-4-18(15)31(27,28)22-8-7-19(26)23-14-5-6-16-17(13-14)30-20(24-16)25-9-11-29-12-10-25/h1-6,13,22H,7-12H2,(H,23,26). The van der Waals surface area contributed by atoms with E-state index in [1.807, 2.05) is 12.1 Å². The van der Waals surface area contributed by atoms with Crippen molar-refractivity contribution >= 4 is 48.3 Å². The van der Waals surface area contributed by atoms with Crippen molar-refractivity contribution in [1.82, 2.24) is 9.71 Å². The summed E-state index contributed by atoms with van der Waals surface area (Å²) < 4.78 is 46.6. The van der Waals surface area contributed by atoms with E-state index in [0.29, 0.717) is 18.9 Å². The van der Waals surface area contributed by atoms with E-state index in [2.05, 4.69) is 19.9 Å². The van der Waals surface area contributed by atoms with Crippen molar-refractivity contribution in [3.8, 4) is 0 Å². The number of ether oxygens (including phenoxy) is 1. The molecule has 1 fully saturated rings. The summed E-state index contributed by atoms with van der Waals surface area (Å²) in [5, 5.41) is 3.68. The van der Waals surface area contributed by atoms with Crippen LogP contribution in [0.4, 0.5) is 15.2 Å². The summed E-state index contributed by atoms with van der Waals surface area (Å²) in [4.78, 5) is 18.6. The van der Waals surface area contributed by atoms with Crippen LogP contribution in [0.5, 0.6) is 0 Å². The molecule has 164 valence electrons. The summed E-state index contributed by atoms with van der Waals surface area (Å²) in [5.41, 5.74) is 1.45. The zero-order valence-electron chi connectivity index (χ0n) is 16.5. The lowest BCUT2D eigenvalue weighted by molar-refractivity contribution is -0.116. The molecule has 1 aliphatic rings. The maximum atomic E-state index is 13.7. The monoisotopic (exact) mass is 464 g/mol. The third kappa shape index (κ3) is 5.18. The molecule has 31 heavy (non-hydrogen) atoms. The highest BCUT2D eigenvalue weighted by molar-refractivity contribution is 7.89. The zero-order chi connectivity index (χ0) is 21.8. The SMILES string of the molecule is O=C(CCNS(=O)(=O)c1ccccc1F)Nc1ccc2nc(N3CCOCC3)sc2c1. The van der Waals surface area contributed by atoms with Gasteiger partial charge in [-0.2, -0.15) is 0 Å². The van der Waals surface area contributed by atoms with E-state index >= 15 is 0 Å². The van der Waals surface area contributed by atoms with Crippen molar-refractivity contribution in [1.29, 1.82) is 0 Å². The maximum absolute atomic E-state index is 13.7. The van der Waals surface area contributed by atoms with Crippen molar-refractivity contribution in [2.75, 3.05) is 43.1 Å². The number of benzene rings is 2. The predicted octanol–water partition coefficient (Wildman–Crippen LogP) is 2.58. The third-order valence-electron chi connectivity index (χ3n) is 4.71. The number of thiazole rings is 1. The number of aromatic nitrogens is 1. The van der Waals surface area contributed by atoms with Gasteiger partial charge >= 0.3 is 0 Å². The van der Waals surface area contributed by atoms with Gasteiger partial charge in [-0.25, -0.2) is 22.5 Å². The normalized spacial score (nSPS) is 14.7. The summed E-state index contributed by atoms with van der Waals surface area (Å²) in [6.07, 6.45) is -0.0898. The molecule has 2 aromatic carbocycles. The number of nitrogens with zero attached hydrogens (tertiary/aromatic N) is 2. The molecule has 0 bridgehead atoms. The van der Waals surface area contributed by atoms with Crippen molar-refractivity contribution in [3.05, 3.63) is 48.3 Å². The van der Waals surface area contributed by atoms with E-state index in [1.165, 1.54) is 18.2 Å². The number of morpholine rings is 1. The minimum absolute atomic E-state index is 0.0898. The van der Waals surface area contributed by atoms with Gasteiger partial charge in [-0.05, 0) is 30.3 Å². The molecular weight excluding hydrogens is 443 g/mol. The van der Waals surface area contributed by atoms with E-state index in [9.17, 15) is 17.6 Å². The number of anilines is 2. The lowest BCUT2D eigenvalue weighted by Gasteiger charge is -2.25. The second-order valence-corrected chi connectivity index (χ2v) is 9.65. The average Bonchev–Trinajstić information content (AvgIpc) is 3.18. The molecular formula is C20H21FN4O4S2. The fraction of sp³-hybridized carbons (Fsp3) is 0.300. The Balaban J connectivity index is 1.34. The summed E-state index contributed by atoms with van der Waals surface area (Å²) in [5.74, 6) is -1.19. The molecule has 1 saturated heterocycles. The minimum Gasteiger partial charge on any atom is -0.378 e. The number of halogens is 1. The minimum atomic E-state index is -4.02. The Bertz CT molecular complexity index is 1190. The molecule has 4 rings (SSSR count). The number of fused-ring (bicyclic) bond motifs is 1. The molecule has 0 unspecified atom stereocenters. The Hall–Kier alpha value is -2.60. The molecule has 1 amide bonds. The number of nitrogens with one attached hydrogen (secondary N) is 2. The Morgan fingerprint density at radius 1 is 1.19 bits per heavy atom. The second-order valence-electron chi connectivity index (χ2n) is 6.90. The maximum Gasteiger partial charge on any atom is 0.243 e. The smallest absolute Gasteiger partial charge is 0.243 e. The number of amides is 1. The van der Waals surface area contributed by atoms with Crippen LogP contribution in [-0.4, -0.2) is 52.2 Å². The molecule has 0 spiro atoms. The summed E-state index contributed by atoms with van der Waals surface area (Å²) in [7, 11) is -4.02. The second kappa shape index (κ2) is 9.27. The fourth-order valence-corrected chi connectivity index (χ4v) is 5.31. The largest absolute Gasteiger partial charge is 0.378 e. The lowest BCUT2D eigenvalue weighted by atomic mass is 10.3. The van der Waals surface area contributed by atoms with E-state index < -0.39 is 20.7 Å². The van der Waals surface area contributed by atoms with E-state index in [1.54, 1.807) is 17.4 Å². The predicted molar refractivity (Wildman–Crippen MR) is 117 cm³/mol. The molecule has 2 N–H and O–H groups in total. The van der Waals surface area contributed by atoms with Gasteiger partial charge in [-0.3, -0.25) is 4.79 Å². The fourth-order valence-electron chi connectivity index (χ4n) is 3.14. The third-order valence-corrected chi connectivity index (χ3v) is 7.29. The first-order valence-corrected chi connectivity index (χ1v) is 12.0. The number of hydrogen-bond acceptors (Lipinski definition) is 7. The van der Waals surface area contributed by atoms with Crippen molar-refractivity contribution in [3.63, 3.8) is 0 Å². The van der Waals surface area contributed by atoms with E-state index in [4.69, 9.17) is 4.74 Å².